The summed E-state index contributed by atoms with van der Waals surface area (Å²) >= 11 is 16.5. The molecule has 0 aromatic carbocycles. The van der Waals surface area contributed by atoms with Crippen LogP contribution in [0.4, 0.5) is 0 Å². The molecule has 0 amide bonds. The number of thiocarbonyl (C=S) groups is 2. The van der Waals surface area contributed by atoms with Gasteiger partial charge in [0.15, 0.2) is 0 Å². The Balaban J connectivity index is -0.000000189. The minimum absolute atomic E-state index is 0. The second-order valence-electron chi connectivity index (χ2n) is 3.54. The number of hydrogen-bond acceptors (Lipinski definition) is 5. The van der Waals surface area contributed by atoms with Crippen molar-refractivity contribution in [3.63, 3.8) is 0 Å². The van der Waals surface area contributed by atoms with Crippen LogP contribution in [0, 0.1) is 0 Å². The molecule has 0 aliphatic carbocycles. The summed E-state index contributed by atoms with van der Waals surface area (Å²) in [5.74, 6) is 0. The molecule has 0 aromatic rings. The van der Waals surface area contributed by atoms with E-state index in [0.29, 0.717) is 0 Å². The molecule has 1 fully saturated rings. The summed E-state index contributed by atoms with van der Waals surface area (Å²) in [6.45, 7) is 4.52. The second kappa shape index (κ2) is 14.9. The molecular weight excluding hydrogens is 344 g/mol. The zero-order chi connectivity index (χ0) is 13.1. The van der Waals surface area contributed by atoms with Crippen molar-refractivity contribution in [2.45, 2.75) is 45.2 Å². The molecule has 2 atom stereocenters. The first-order chi connectivity index (χ1) is 7.25. The van der Waals surface area contributed by atoms with Gasteiger partial charge in [0.25, 0.3) is 0 Å². The minimum Gasteiger partial charge on any atom is -0.415 e. The first kappa shape index (κ1) is 22.9. The maximum Gasteiger partial charge on any atom is 2.00 e. The van der Waals surface area contributed by atoms with Gasteiger partial charge < -0.3 is 66.5 Å². The number of nitrogens with one attached hydrogen (secondary N) is 1. The van der Waals surface area contributed by atoms with Gasteiger partial charge in [-0.2, -0.15) is 0 Å². The fraction of sp³-hybridized carbons (Fsp3) is 0.778. The van der Waals surface area contributed by atoms with Gasteiger partial charge in [-0.3, -0.25) is 0 Å². The fourth-order valence-electron chi connectivity index (χ4n) is 1.38. The molecule has 17 heavy (non-hydrogen) atoms. The maximum absolute atomic E-state index is 4.66. The molecule has 0 spiro atoms. The zero-order valence-corrected chi connectivity index (χ0v) is 16.5. The van der Waals surface area contributed by atoms with Crippen molar-refractivity contribution in [1.82, 2.24) is 5.32 Å². The Morgan fingerprint density at radius 3 is 1.41 bits per heavy atom. The zero-order valence-electron chi connectivity index (χ0n) is 10.3. The SMILES string of the molecule is CC1CCCC(C)N1.NC(=S)[S-].NC(=S)[S-].[Zn+2]. The summed E-state index contributed by atoms with van der Waals surface area (Å²) < 4.78 is 0.167. The first-order valence-corrected chi connectivity index (χ1v) is 6.58. The average molecular weight is 363 g/mol. The van der Waals surface area contributed by atoms with Crippen LogP contribution in [-0.2, 0) is 44.7 Å². The molecule has 8 heteroatoms. The Kier molecular flexibility index (Phi) is 20.1. The number of piperidine rings is 1. The van der Waals surface area contributed by atoms with Crippen LogP contribution in [0.3, 0.4) is 0 Å². The Morgan fingerprint density at radius 1 is 1.06 bits per heavy atom. The molecule has 3 nitrogen and oxygen atoms in total. The Hall–Kier alpha value is 0.803. The van der Waals surface area contributed by atoms with Crippen LogP contribution in [0.1, 0.15) is 33.1 Å². The largest absolute Gasteiger partial charge is 2.00 e. The van der Waals surface area contributed by atoms with Gasteiger partial charge in [0.05, 0.1) is 0 Å². The van der Waals surface area contributed by atoms with E-state index >= 15 is 0 Å². The van der Waals surface area contributed by atoms with E-state index in [2.05, 4.69) is 80.3 Å². The molecule has 1 aliphatic heterocycles. The predicted molar refractivity (Wildman–Crippen MR) is 84.2 cm³/mol. The van der Waals surface area contributed by atoms with Crippen LogP contribution in [0.5, 0.6) is 0 Å². The Bertz CT molecular complexity index is 188. The smallest absolute Gasteiger partial charge is 0.415 e. The summed E-state index contributed by atoms with van der Waals surface area (Å²) in [6, 6.07) is 1.53. The molecule has 96 valence electrons. The van der Waals surface area contributed by atoms with Crippen LogP contribution in [-0.4, -0.2) is 20.7 Å². The van der Waals surface area contributed by atoms with Crippen molar-refractivity contribution in [2.75, 3.05) is 0 Å². The van der Waals surface area contributed by atoms with Crippen molar-refractivity contribution >= 4 is 58.3 Å². The van der Waals surface area contributed by atoms with E-state index in [-0.39, 0.29) is 28.1 Å². The van der Waals surface area contributed by atoms with E-state index < -0.39 is 0 Å². The van der Waals surface area contributed by atoms with Gasteiger partial charge in [-0.05, 0) is 26.7 Å². The van der Waals surface area contributed by atoms with E-state index in [1.54, 1.807) is 0 Å². The second-order valence-corrected chi connectivity index (χ2v) is 5.81. The van der Waals surface area contributed by atoms with Crippen LogP contribution in [0.15, 0.2) is 0 Å². The topological polar surface area (TPSA) is 64.1 Å². The predicted octanol–water partition coefficient (Wildman–Crippen LogP) is 1.09. The first-order valence-electron chi connectivity index (χ1n) is 4.94. The minimum atomic E-state index is 0. The molecule has 1 saturated heterocycles. The molecule has 0 bridgehead atoms. The quantitative estimate of drug-likeness (QED) is 0.338. The van der Waals surface area contributed by atoms with E-state index in [0.717, 1.165) is 12.1 Å². The molecule has 1 heterocycles. The fourth-order valence-corrected chi connectivity index (χ4v) is 1.38. The molecule has 0 saturated carbocycles. The van der Waals surface area contributed by atoms with Crippen LogP contribution < -0.4 is 16.8 Å². The monoisotopic (exact) mass is 361 g/mol. The van der Waals surface area contributed by atoms with Crippen molar-refractivity contribution < 1.29 is 19.5 Å². The summed E-state index contributed by atoms with van der Waals surface area (Å²) in [4.78, 5) is 0. The molecule has 1 rings (SSSR count). The third-order valence-electron chi connectivity index (χ3n) is 1.84. The van der Waals surface area contributed by atoms with Crippen molar-refractivity contribution in [3.8, 4) is 0 Å². The van der Waals surface area contributed by atoms with Crippen LogP contribution in [0.25, 0.3) is 0 Å². The molecule has 5 N–H and O–H groups in total. The average Bonchev–Trinajstić information content (AvgIpc) is 2.00. The molecule has 2 unspecified atom stereocenters. The third-order valence-corrected chi connectivity index (χ3v) is 1.84. The normalized spacial score (nSPS) is 21.5. The number of nitrogens with two attached hydrogens (primary N) is 2. The van der Waals surface area contributed by atoms with Crippen molar-refractivity contribution in [2.24, 2.45) is 11.5 Å². The molecule has 0 aromatic heterocycles. The van der Waals surface area contributed by atoms with Crippen LogP contribution >= 0.6 is 24.4 Å². The van der Waals surface area contributed by atoms with E-state index in [9.17, 15) is 0 Å². The molecule has 0 radical (unpaired) electrons. The summed E-state index contributed by atoms with van der Waals surface area (Å²) in [6.07, 6.45) is 4.14. The Morgan fingerprint density at radius 2 is 1.29 bits per heavy atom. The molecular formula is C9H19N3S4Zn. The van der Waals surface area contributed by atoms with Crippen molar-refractivity contribution in [1.29, 1.82) is 0 Å². The molecule has 1 aliphatic rings. The van der Waals surface area contributed by atoms with Gasteiger partial charge in [-0.25, -0.2) is 0 Å². The summed E-state index contributed by atoms with van der Waals surface area (Å²) in [5, 5.41) is 3.48. The van der Waals surface area contributed by atoms with E-state index in [1.165, 1.54) is 19.3 Å². The van der Waals surface area contributed by atoms with Gasteiger partial charge in [0, 0.05) is 12.1 Å². The van der Waals surface area contributed by atoms with Gasteiger partial charge in [0.2, 0.25) is 0 Å². The van der Waals surface area contributed by atoms with Gasteiger partial charge in [-0.15, -0.1) is 0 Å². The number of hydrogen-bond donors (Lipinski definition) is 3. The van der Waals surface area contributed by atoms with Gasteiger partial charge in [-0.1, -0.05) is 15.1 Å². The summed E-state index contributed by atoms with van der Waals surface area (Å²) in [5.41, 5.74) is 9.31. The maximum atomic E-state index is 4.66. The van der Waals surface area contributed by atoms with Crippen LogP contribution in [0.2, 0.25) is 0 Å². The van der Waals surface area contributed by atoms with E-state index in [4.69, 9.17) is 0 Å². The standard InChI is InChI=1S/C7H15N.2CH3NS2.Zn/c1-6-4-3-5-7(2)8-6;2*2-1(3)4;/h6-8H,3-5H2,1-2H3;2*(H3,2,3,4);/q;;;+2/p-2. The van der Waals surface area contributed by atoms with E-state index in [1.807, 2.05) is 0 Å². The summed E-state index contributed by atoms with van der Waals surface area (Å²) in [7, 11) is 0. The third kappa shape index (κ3) is 31.5. The number of rotatable bonds is 0. The van der Waals surface area contributed by atoms with Crippen molar-refractivity contribution in [3.05, 3.63) is 0 Å². The Labute approximate surface area is 139 Å². The van der Waals surface area contributed by atoms with Gasteiger partial charge in [0.1, 0.15) is 0 Å². The van der Waals surface area contributed by atoms with Gasteiger partial charge >= 0.3 is 19.5 Å².